The number of likely N-dealkylation sites (tertiary alicyclic amines) is 1. The number of hydrogen-bond donors (Lipinski definition) is 2. The van der Waals surface area contributed by atoms with E-state index < -0.39 is 0 Å². The third kappa shape index (κ3) is 2.67. The molecule has 0 saturated carbocycles. The van der Waals surface area contributed by atoms with Crippen LogP contribution in [0.5, 0.6) is 0 Å². The SMILES string of the molecule is Cc1cnc(NC2CCC(=O)N(C)C2)cc1N. The van der Waals surface area contributed by atoms with E-state index in [4.69, 9.17) is 5.73 Å². The van der Waals surface area contributed by atoms with Crippen molar-refractivity contribution in [1.29, 1.82) is 0 Å². The van der Waals surface area contributed by atoms with Gasteiger partial charge in [-0.2, -0.15) is 0 Å². The lowest BCUT2D eigenvalue weighted by Gasteiger charge is -2.30. The molecular formula is C12H18N4O. The number of nitrogens with one attached hydrogen (secondary N) is 1. The van der Waals surface area contributed by atoms with Gasteiger partial charge in [0.15, 0.2) is 0 Å². The number of rotatable bonds is 2. The number of carbonyl (C=O) groups is 1. The molecule has 1 aliphatic heterocycles. The first-order valence-electron chi connectivity index (χ1n) is 5.79. The lowest BCUT2D eigenvalue weighted by atomic mass is 10.1. The molecule has 2 heterocycles. The van der Waals surface area contributed by atoms with Crippen LogP contribution in [0.3, 0.4) is 0 Å². The Morgan fingerprint density at radius 3 is 3.00 bits per heavy atom. The van der Waals surface area contributed by atoms with E-state index in [1.165, 1.54) is 0 Å². The van der Waals surface area contributed by atoms with E-state index in [2.05, 4.69) is 10.3 Å². The maximum absolute atomic E-state index is 11.4. The summed E-state index contributed by atoms with van der Waals surface area (Å²) in [5.74, 6) is 0.986. The summed E-state index contributed by atoms with van der Waals surface area (Å²) in [6.45, 7) is 2.65. The average molecular weight is 234 g/mol. The lowest BCUT2D eigenvalue weighted by molar-refractivity contribution is -0.132. The second kappa shape index (κ2) is 4.61. The highest BCUT2D eigenvalue weighted by atomic mass is 16.2. The van der Waals surface area contributed by atoms with Crippen LogP contribution in [0.15, 0.2) is 12.3 Å². The van der Waals surface area contributed by atoms with Crippen LogP contribution >= 0.6 is 0 Å². The number of aromatic nitrogens is 1. The van der Waals surface area contributed by atoms with Gasteiger partial charge in [-0.25, -0.2) is 4.98 Å². The number of nitrogens with zero attached hydrogens (tertiary/aromatic N) is 2. The normalized spacial score (nSPS) is 20.5. The Kier molecular flexibility index (Phi) is 3.17. The second-order valence-electron chi connectivity index (χ2n) is 4.58. The van der Waals surface area contributed by atoms with Crippen molar-refractivity contribution in [2.45, 2.75) is 25.8 Å². The standard InChI is InChI=1S/C12H18N4O/c1-8-6-14-11(5-10(8)13)15-9-3-4-12(17)16(2)7-9/h5-6,9H,3-4,7H2,1-2H3,(H3,13,14,15). The molecule has 5 heteroatoms. The van der Waals surface area contributed by atoms with Crippen LogP contribution in [0.1, 0.15) is 18.4 Å². The van der Waals surface area contributed by atoms with E-state index in [0.717, 1.165) is 23.5 Å². The van der Waals surface area contributed by atoms with Gasteiger partial charge in [0.2, 0.25) is 5.91 Å². The van der Waals surface area contributed by atoms with Gasteiger partial charge in [-0.1, -0.05) is 0 Å². The van der Waals surface area contributed by atoms with Crippen molar-refractivity contribution in [3.05, 3.63) is 17.8 Å². The molecule has 2 rings (SSSR count). The minimum absolute atomic E-state index is 0.208. The van der Waals surface area contributed by atoms with Crippen LogP contribution < -0.4 is 11.1 Å². The molecule has 0 bridgehead atoms. The van der Waals surface area contributed by atoms with E-state index in [1.807, 2.05) is 20.0 Å². The average Bonchev–Trinajstić information content (AvgIpc) is 2.29. The molecule has 1 unspecified atom stereocenters. The molecule has 92 valence electrons. The largest absolute Gasteiger partial charge is 0.398 e. The van der Waals surface area contributed by atoms with Crippen LogP contribution in [0, 0.1) is 6.92 Å². The molecule has 1 saturated heterocycles. The van der Waals surface area contributed by atoms with Crippen LogP contribution in [0.4, 0.5) is 11.5 Å². The zero-order valence-electron chi connectivity index (χ0n) is 10.2. The molecule has 0 radical (unpaired) electrons. The summed E-state index contributed by atoms with van der Waals surface area (Å²) in [5.41, 5.74) is 7.55. The summed E-state index contributed by atoms with van der Waals surface area (Å²) in [4.78, 5) is 17.4. The first-order chi connectivity index (χ1) is 8.06. The van der Waals surface area contributed by atoms with E-state index in [0.29, 0.717) is 13.0 Å². The number of nitrogens with two attached hydrogens (primary N) is 1. The monoisotopic (exact) mass is 234 g/mol. The van der Waals surface area contributed by atoms with Crippen molar-refractivity contribution < 1.29 is 4.79 Å². The minimum atomic E-state index is 0.208. The number of piperidine rings is 1. The van der Waals surface area contributed by atoms with E-state index >= 15 is 0 Å². The van der Waals surface area contributed by atoms with Crippen molar-refractivity contribution in [2.24, 2.45) is 0 Å². The molecule has 0 aliphatic carbocycles. The van der Waals surface area contributed by atoms with Gasteiger partial charge >= 0.3 is 0 Å². The van der Waals surface area contributed by atoms with E-state index in [9.17, 15) is 4.79 Å². The number of nitrogen functional groups attached to an aromatic ring is 1. The topological polar surface area (TPSA) is 71.2 Å². The number of hydrogen-bond acceptors (Lipinski definition) is 4. The predicted octanol–water partition coefficient (Wildman–Crippen LogP) is 1.00. The Hall–Kier alpha value is -1.78. The fraction of sp³-hybridized carbons (Fsp3) is 0.500. The van der Waals surface area contributed by atoms with Gasteiger partial charge in [-0.15, -0.1) is 0 Å². The molecular weight excluding hydrogens is 216 g/mol. The maximum Gasteiger partial charge on any atom is 0.222 e. The summed E-state index contributed by atoms with van der Waals surface area (Å²) in [6.07, 6.45) is 3.20. The third-order valence-electron chi connectivity index (χ3n) is 3.12. The number of likely N-dealkylation sites (N-methyl/N-ethyl adjacent to an activating group) is 1. The number of carbonyl (C=O) groups excluding carboxylic acids is 1. The molecule has 5 nitrogen and oxygen atoms in total. The van der Waals surface area contributed by atoms with Crippen molar-refractivity contribution in [1.82, 2.24) is 9.88 Å². The molecule has 1 aromatic heterocycles. The smallest absolute Gasteiger partial charge is 0.222 e. The number of anilines is 2. The van der Waals surface area contributed by atoms with E-state index in [1.54, 1.807) is 11.1 Å². The highest BCUT2D eigenvalue weighted by Gasteiger charge is 2.22. The fourth-order valence-electron chi connectivity index (χ4n) is 1.96. The molecule has 1 atom stereocenters. The van der Waals surface area contributed by atoms with Gasteiger partial charge in [-0.3, -0.25) is 4.79 Å². The van der Waals surface area contributed by atoms with Gasteiger partial charge in [0, 0.05) is 44.0 Å². The maximum atomic E-state index is 11.4. The Bertz CT molecular complexity index is 433. The summed E-state index contributed by atoms with van der Waals surface area (Å²) in [6, 6.07) is 2.10. The van der Waals surface area contributed by atoms with Crippen LogP contribution in [0.25, 0.3) is 0 Å². The van der Waals surface area contributed by atoms with Gasteiger partial charge < -0.3 is 16.0 Å². The first-order valence-corrected chi connectivity index (χ1v) is 5.79. The summed E-state index contributed by atoms with van der Waals surface area (Å²) in [7, 11) is 1.83. The summed E-state index contributed by atoms with van der Waals surface area (Å²) >= 11 is 0. The number of pyridine rings is 1. The van der Waals surface area contributed by atoms with Crippen LogP contribution in [-0.2, 0) is 4.79 Å². The fourth-order valence-corrected chi connectivity index (χ4v) is 1.96. The first kappa shape index (κ1) is 11.7. The quantitative estimate of drug-likeness (QED) is 0.801. The van der Waals surface area contributed by atoms with Crippen molar-refractivity contribution >= 4 is 17.4 Å². The Morgan fingerprint density at radius 1 is 1.59 bits per heavy atom. The van der Waals surface area contributed by atoms with Gasteiger partial charge in [0.25, 0.3) is 0 Å². The van der Waals surface area contributed by atoms with Crippen molar-refractivity contribution in [3.8, 4) is 0 Å². The van der Waals surface area contributed by atoms with E-state index in [-0.39, 0.29) is 11.9 Å². The van der Waals surface area contributed by atoms with Crippen LogP contribution in [-0.4, -0.2) is 35.4 Å². The molecule has 1 amide bonds. The third-order valence-corrected chi connectivity index (χ3v) is 3.12. The molecule has 1 aromatic rings. The van der Waals surface area contributed by atoms with Gasteiger partial charge in [-0.05, 0) is 18.9 Å². The predicted molar refractivity (Wildman–Crippen MR) is 67.7 cm³/mol. The van der Waals surface area contributed by atoms with Crippen molar-refractivity contribution in [2.75, 3.05) is 24.6 Å². The molecule has 0 spiro atoms. The molecule has 17 heavy (non-hydrogen) atoms. The molecule has 0 aromatic carbocycles. The number of aryl methyl sites for hydroxylation is 1. The highest BCUT2D eigenvalue weighted by molar-refractivity contribution is 5.77. The van der Waals surface area contributed by atoms with Gasteiger partial charge in [0.05, 0.1) is 0 Å². The Balaban J connectivity index is 2.01. The number of amides is 1. The van der Waals surface area contributed by atoms with Crippen molar-refractivity contribution in [3.63, 3.8) is 0 Å². The Labute approximate surface area is 101 Å². The minimum Gasteiger partial charge on any atom is -0.398 e. The summed E-state index contributed by atoms with van der Waals surface area (Å²) < 4.78 is 0. The van der Waals surface area contributed by atoms with Crippen LogP contribution in [0.2, 0.25) is 0 Å². The zero-order valence-corrected chi connectivity index (χ0v) is 10.2. The highest BCUT2D eigenvalue weighted by Crippen LogP contribution is 2.17. The second-order valence-corrected chi connectivity index (χ2v) is 4.58. The molecule has 3 N–H and O–H groups in total. The molecule has 1 fully saturated rings. The Morgan fingerprint density at radius 2 is 2.35 bits per heavy atom. The van der Waals surface area contributed by atoms with Gasteiger partial charge in [0.1, 0.15) is 5.82 Å². The summed E-state index contributed by atoms with van der Waals surface area (Å²) in [5, 5.41) is 3.31. The lowest BCUT2D eigenvalue weighted by Crippen LogP contribution is -2.43. The molecule has 1 aliphatic rings. The zero-order chi connectivity index (χ0) is 12.4.